The molecule has 0 unspecified atom stereocenters. The van der Waals surface area contributed by atoms with Crippen LogP contribution in [0.15, 0.2) is 18.2 Å². The summed E-state index contributed by atoms with van der Waals surface area (Å²) in [5.41, 5.74) is 7.85. The predicted molar refractivity (Wildman–Crippen MR) is 78.0 cm³/mol. The van der Waals surface area contributed by atoms with Crippen LogP contribution >= 0.6 is 0 Å². The largest absolute Gasteiger partial charge is 0.493 e. The first-order chi connectivity index (χ1) is 9.65. The number of hydrogen-bond acceptors (Lipinski definition) is 3. The second-order valence-corrected chi connectivity index (χ2v) is 5.91. The Kier molecular flexibility index (Phi) is 3.66. The lowest BCUT2D eigenvalue weighted by Crippen LogP contribution is -2.41. The molecule has 0 atom stereocenters. The van der Waals surface area contributed by atoms with E-state index in [2.05, 4.69) is 0 Å². The molecule has 1 aromatic carbocycles. The Labute approximate surface area is 119 Å². The zero-order valence-corrected chi connectivity index (χ0v) is 12.0. The molecule has 1 fully saturated rings. The first-order valence-electron chi connectivity index (χ1n) is 7.43. The number of carbonyl (C=O) groups excluding carboxylic acids is 1. The van der Waals surface area contributed by atoms with Crippen molar-refractivity contribution in [2.45, 2.75) is 44.2 Å². The second-order valence-electron chi connectivity index (χ2n) is 5.91. The van der Waals surface area contributed by atoms with Gasteiger partial charge in [0.15, 0.2) is 0 Å². The van der Waals surface area contributed by atoms with E-state index in [-0.39, 0.29) is 5.91 Å². The van der Waals surface area contributed by atoms with Gasteiger partial charge in [-0.25, -0.2) is 0 Å². The van der Waals surface area contributed by atoms with Crippen molar-refractivity contribution in [3.63, 3.8) is 0 Å². The molecule has 1 aromatic rings. The summed E-state index contributed by atoms with van der Waals surface area (Å²) in [6.45, 7) is 0.726. The zero-order chi connectivity index (χ0) is 14.1. The highest BCUT2D eigenvalue weighted by Crippen LogP contribution is 2.27. The molecule has 1 aliphatic carbocycles. The number of ether oxygens (including phenoxy) is 1. The van der Waals surface area contributed by atoms with Gasteiger partial charge in [0.2, 0.25) is 0 Å². The molecule has 2 N–H and O–H groups in total. The van der Waals surface area contributed by atoms with Crippen molar-refractivity contribution in [2.75, 3.05) is 13.7 Å². The number of benzene rings is 1. The molecule has 0 saturated heterocycles. The van der Waals surface area contributed by atoms with Crippen molar-refractivity contribution >= 4 is 5.91 Å². The Morgan fingerprint density at radius 2 is 2.05 bits per heavy atom. The Morgan fingerprint density at radius 3 is 2.80 bits per heavy atom. The third-order valence-electron chi connectivity index (χ3n) is 4.55. The molecular weight excluding hydrogens is 252 g/mol. The van der Waals surface area contributed by atoms with Gasteiger partial charge in [-0.3, -0.25) is 4.79 Å². The zero-order valence-electron chi connectivity index (χ0n) is 12.0. The number of hydrogen-bond donors (Lipinski definition) is 1. The molecule has 108 valence electrons. The lowest BCUT2D eigenvalue weighted by atomic mass is 9.90. The summed E-state index contributed by atoms with van der Waals surface area (Å²) in [6.07, 6.45) is 4.95. The summed E-state index contributed by atoms with van der Waals surface area (Å²) >= 11 is 0. The van der Waals surface area contributed by atoms with Gasteiger partial charge in [0, 0.05) is 31.1 Å². The normalized spacial score (nSPS) is 24.9. The van der Waals surface area contributed by atoms with Crippen LogP contribution in [0, 0.1) is 0 Å². The minimum Gasteiger partial charge on any atom is -0.493 e. The minimum absolute atomic E-state index is 0.111. The van der Waals surface area contributed by atoms with Gasteiger partial charge in [-0.15, -0.1) is 0 Å². The average molecular weight is 274 g/mol. The van der Waals surface area contributed by atoms with Crippen LogP contribution in [0.4, 0.5) is 0 Å². The predicted octanol–water partition coefficient (Wildman–Crippen LogP) is 1.96. The maximum Gasteiger partial charge on any atom is 0.253 e. The Bertz CT molecular complexity index is 507. The fraction of sp³-hybridized carbons (Fsp3) is 0.562. The van der Waals surface area contributed by atoms with Crippen LogP contribution in [0.5, 0.6) is 5.75 Å². The van der Waals surface area contributed by atoms with E-state index in [0.29, 0.717) is 12.1 Å². The molecule has 3 rings (SSSR count). The maximum atomic E-state index is 12.6. The topological polar surface area (TPSA) is 55.6 Å². The SMILES string of the molecule is CN(C(=O)c1ccc2c(c1)CCO2)C1CCC(N)CC1. The van der Waals surface area contributed by atoms with Crippen LogP contribution in [-0.4, -0.2) is 36.5 Å². The second kappa shape index (κ2) is 5.44. The Balaban J connectivity index is 1.72. The number of amides is 1. The monoisotopic (exact) mass is 274 g/mol. The molecule has 1 aliphatic heterocycles. The highest BCUT2D eigenvalue weighted by Gasteiger charge is 2.26. The van der Waals surface area contributed by atoms with Crippen LogP contribution < -0.4 is 10.5 Å². The number of nitrogens with two attached hydrogens (primary N) is 1. The summed E-state index contributed by atoms with van der Waals surface area (Å²) in [6, 6.07) is 6.41. The van der Waals surface area contributed by atoms with Crippen LogP contribution in [-0.2, 0) is 6.42 Å². The van der Waals surface area contributed by atoms with Crippen LogP contribution in [0.25, 0.3) is 0 Å². The standard InChI is InChI=1S/C16H22N2O2/c1-18(14-5-3-13(17)4-6-14)16(19)12-2-7-15-11(10-12)8-9-20-15/h2,7,10,13-14H,3-6,8-9,17H2,1H3. The lowest BCUT2D eigenvalue weighted by molar-refractivity contribution is 0.0690. The molecule has 0 aromatic heterocycles. The summed E-state index contributed by atoms with van der Waals surface area (Å²) < 4.78 is 5.48. The van der Waals surface area contributed by atoms with Gasteiger partial charge in [0.1, 0.15) is 5.75 Å². The number of rotatable bonds is 2. The van der Waals surface area contributed by atoms with E-state index in [1.807, 2.05) is 30.1 Å². The van der Waals surface area contributed by atoms with E-state index in [4.69, 9.17) is 10.5 Å². The third kappa shape index (κ3) is 2.52. The Hall–Kier alpha value is -1.55. The van der Waals surface area contributed by atoms with Gasteiger partial charge in [-0.1, -0.05) is 0 Å². The summed E-state index contributed by atoms with van der Waals surface area (Å²) in [4.78, 5) is 14.5. The average Bonchev–Trinajstić information content (AvgIpc) is 2.94. The van der Waals surface area contributed by atoms with Crippen molar-refractivity contribution in [3.8, 4) is 5.75 Å². The van der Waals surface area contributed by atoms with Crippen molar-refractivity contribution in [1.29, 1.82) is 0 Å². The molecular formula is C16H22N2O2. The minimum atomic E-state index is 0.111. The van der Waals surface area contributed by atoms with E-state index in [1.54, 1.807) is 0 Å². The molecule has 4 heteroatoms. The summed E-state index contributed by atoms with van der Waals surface area (Å²) in [7, 11) is 1.91. The number of fused-ring (bicyclic) bond motifs is 1. The quantitative estimate of drug-likeness (QED) is 0.897. The molecule has 1 heterocycles. The van der Waals surface area contributed by atoms with Gasteiger partial charge < -0.3 is 15.4 Å². The van der Waals surface area contributed by atoms with E-state index in [1.165, 1.54) is 0 Å². The molecule has 1 amide bonds. The van der Waals surface area contributed by atoms with E-state index < -0.39 is 0 Å². The molecule has 2 aliphatic rings. The molecule has 0 bridgehead atoms. The van der Waals surface area contributed by atoms with Crippen molar-refractivity contribution in [2.24, 2.45) is 5.73 Å². The smallest absolute Gasteiger partial charge is 0.253 e. The molecule has 0 radical (unpaired) electrons. The van der Waals surface area contributed by atoms with Crippen molar-refractivity contribution in [3.05, 3.63) is 29.3 Å². The van der Waals surface area contributed by atoms with Crippen LogP contribution in [0.2, 0.25) is 0 Å². The first kappa shape index (κ1) is 13.4. The fourth-order valence-electron chi connectivity index (χ4n) is 3.18. The Morgan fingerprint density at radius 1 is 1.30 bits per heavy atom. The third-order valence-corrected chi connectivity index (χ3v) is 4.55. The molecule has 20 heavy (non-hydrogen) atoms. The molecule has 4 nitrogen and oxygen atoms in total. The van der Waals surface area contributed by atoms with Gasteiger partial charge in [-0.05, 0) is 49.4 Å². The van der Waals surface area contributed by atoms with Gasteiger partial charge in [-0.2, -0.15) is 0 Å². The van der Waals surface area contributed by atoms with E-state index in [0.717, 1.165) is 55.6 Å². The summed E-state index contributed by atoms with van der Waals surface area (Å²) in [5, 5.41) is 0. The highest BCUT2D eigenvalue weighted by molar-refractivity contribution is 5.94. The van der Waals surface area contributed by atoms with Crippen molar-refractivity contribution < 1.29 is 9.53 Å². The van der Waals surface area contributed by atoms with E-state index in [9.17, 15) is 4.79 Å². The first-order valence-corrected chi connectivity index (χ1v) is 7.43. The molecule has 0 spiro atoms. The van der Waals surface area contributed by atoms with E-state index >= 15 is 0 Å². The fourth-order valence-corrected chi connectivity index (χ4v) is 3.18. The highest BCUT2D eigenvalue weighted by atomic mass is 16.5. The molecule has 1 saturated carbocycles. The van der Waals surface area contributed by atoms with Crippen molar-refractivity contribution in [1.82, 2.24) is 4.90 Å². The maximum absolute atomic E-state index is 12.6. The van der Waals surface area contributed by atoms with Crippen LogP contribution in [0.3, 0.4) is 0 Å². The van der Waals surface area contributed by atoms with Gasteiger partial charge in [0.05, 0.1) is 6.61 Å². The number of nitrogens with zero attached hydrogens (tertiary/aromatic N) is 1. The lowest BCUT2D eigenvalue weighted by Gasteiger charge is -2.33. The van der Waals surface area contributed by atoms with Gasteiger partial charge >= 0.3 is 0 Å². The van der Waals surface area contributed by atoms with Gasteiger partial charge in [0.25, 0.3) is 5.91 Å². The summed E-state index contributed by atoms with van der Waals surface area (Å²) in [5.74, 6) is 1.04. The van der Waals surface area contributed by atoms with Crippen LogP contribution in [0.1, 0.15) is 41.6 Å². The number of carbonyl (C=O) groups is 1.